The van der Waals surface area contributed by atoms with Crippen molar-refractivity contribution in [3.8, 4) is 0 Å². The van der Waals surface area contributed by atoms with E-state index < -0.39 is 0 Å². The predicted molar refractivity (Wildman–Crippen MR) is 68.4 cm³/mol. The summed E-state index contributed by atoms with van der Waals surface area (Å²) in [5, 5.41) is 0.354. The van der Waals surface area contributed by atoms with Gasteiger partial charge in [-0.3, -0.25) is 0 Å². The molecule has 0 aromatic carbocycles. The van der Waals surface area contributed by atoms with Gasteiger partial charge in [-0.2, -0.15) is 0 Å². The van der Waals surface area contributed by atoms with Crippen molar-refractivity contribution in [2.75, 3.05) is 0 Å². The molecule has 0 amide bonds. The zero-order valence-corrected chi connectivity index (χ0v) is 11.9. The maximum atomic E-state index is 2.86. The molecule has 0 heterocycles. The minimum absolute atomic E-state index is 0.354. The van der Waals surface area contributed by atoms with Crippen molar-refractivity contribution in [2.24, 2.45) is 5.41 Å². The fourth-order valence-electron chi connectivity index (χ4n) is 0.354. The van der Waals surface area contributed by atoms with E-state index in [1.807, 2.05) is 0 Å². The summed E-state index contributed by atoms with van der Waals surface area (Å²) >= 11 is 0. The van der Waals surface area contributed by atoms with Gasteiger partial charge in [0.2, 0.25) is 0 Å². The summed E-state index contributed by atoms with van der Waals surface area (Å²) in [5.41, 5.74) is 0.400. The molecule has 0 nitrogen and oxygen atoms in total. The summed E-state index contributed by atoms with van der Waals surface area (Å²) < 4.78 is 0. The molecule has 0 aliphatic heterocycles. The largest absolute Gasteiger partial charge is 0.131 e. The van der Waals surface area contributed by atoms with E-state index in [-0.39, 0.29) is 0 Å². The van der Waals surface area contributed by atoms with Crippen molar-refractivity contribution in [1.29, 1.82) is 0 Å². The third-order valence-electron chi connectivity index (χ3n) is 2.64. The van der Waals surface area contributed by atoms with Crippen LogP contribution in [0.2, 0.25) is 0 Å². The molecule has 13 heavy (non-hydrogen) atoms. The van der Waals surface area contributed by atoms with Crippen LogP contribution in [0.4, 0.5) is 0 Å². The molecule has 1 unspecified atom stereocenters. The van der Waals surface area contributed by atoms with Gasteiger partial charge >= 0.3 is 0 Å². The SMILES string of the molecule is CC(C)(C)C(C)(C)P.CCCCC. The van der Waals surface area contributed by atoms with Crippen LogP contribution in [0.5, 0.6) is 0 Å². The van der Waals surface area contributed by atoms with Gasteiger partial charge in [0.05, 0.1) is 0 Å². The van der Waals surface area contributed by atoms with Crippen LogP contribution in [-0.2, 0) is 0 Å². The van der Waals surface area contributed by atoms with Gasteiger partial charge in [-0.25, -0.2) is 0 Å². The molecular formula is C12H29P. The zero-order chi connectivity index (χ0) is 11.1. The second kappa shape index (κ2) is 6.82. The summed E-state index contributed by atoms with van der Waals surface area (Å²) in [6, 6.07) is 0. The number of hydrogen-bond acceptors (Lipinski definition) is 0. The highest BCUT2D eigenvalue weighted by Gasteiger charge is 2.27. The first-order valence-corrected chi connectivity index (χ1v) is 6.03. The van der Waals surface area contributed by atoms with Crippen LogP contribution in [0.1, 0.15) is 67.7 Å². The molecule has 0 fully saturated rings. The van der Waals surface area contributed by atoms with E-state index in [9.17, 15) is 0 Å². The minimum Gasteiger partial charge on any atom is -0.131 e. The Labute approximate surface area is 88.1 Å². The number of rotatable bonds is 2. The Bertz CT molecular complexity index is 89.3. The van der Waals surface area contributed by atoms with Gasteiger partial charge in [-0.15, -0.1) is 9.24 Å². The van der Waals surface area contributed by atoms with Crippen LogP contribution in [-0.4, -0.2) is 5.16 Å². The second-order valence-electron chi connectivity index (χ2n) is 5.33. The Morgan fingerprint density at radius 1 is 0.846 bits per heavy atom. The average Bonchev–Trinajstić information content (AvgIpc) is 1.85. The third-order valence-corrected chi connectivity index (χ3v) is 3.51. The van der Waals surface area contributed by atoms with Crippen molar-refractivity contribution >= 4 is 9.24 Å². The van der Waals surface area contributed by atoms with Crippen LogP contribution in [0.15, 0.2) is 0 Å². The van der Waals surface area contributed by atoms with Gasteiger partial charge in [-0.05, 0) is 10.6 Å². The molecule has 0 aliphatic carbocycles. The fourth-order valence-corrected chi connectivity index (χ4v) is 0.354. The molecule has 1 atom stereocenters. The smallest absolute Gasteiger partial charge is 0.0158 e. The summed E-state index contributed by atoms with van der Waals surface area (Å²) in [4.78, 5) is 0. The predicted octanol–water partition coefficient (Wildman–Crippen LogP) is 4.88. The van der Waals surface area contributed by atoms with Gasteiger partial charge in [0, 0.05) is 0 Å². The second-order valence-corrected chi connectivity index (χ2v) is 6.77. The molecular weight excluding hydrogens is 175 g/mol. The molecule has 0 saturated heterocycles. The maximum Gasteiger partial charge on any atom is -0.0158 e. The normalized spacial score (nSPS) is 12.0. The highest BCUT2D eigenvalue weighted by atomic mass is 31.0. The van der Waals surface area contributed by atoms with E-state index in [2.05, 4.69) is 57.7 Å². The van der Waals surface area contributed by atoms with Crippen molar-refractivity contribution in [1.82, 2.24) is 0 Å². The topological polar surface area (TPSA) is 0 Å². The lowest BCUT2D eigenvalue weighted by Gasteiger charge is -2.34. The molecule has 0 saturated carbocycles. The Balaban J connectivity index is 0. The van der Waals surface area contributed by atoms with E-state index in [4.69, 9.17) is 0 Å². The lowest BCUT2D eigenvalue weighted by atomic mass is 9.82. The summed E-state index contributed by atoms with van der Waals surface area (Å²) in [6.07, 6.45) is 4.08. The first-order valence-electron chi connectivity index (χ1n) is 5.45. The van der Waals surface area contributed by atoms with Crippen LogP contribution in [0.25, 0.3) is 0 Å². The Morgan fingerprint density at radius 3 is 1.08 bits per heavy atom. The Kier molecular flexibility index (Phi) is 8.33. The monoisotopic (exact) mass is 204 g/mol. The molecule has 0 aromatic rings. The van der Waals surface area contributed by atoms with Gasteiger partial charge < -0.3 is 0 Å². The van der Waals surface area contributed by atoms with Crippen molar-refractivity contribution in [2.45, 2.75) is 72.9 Å². The molecule has 0 N–H and O–H groups in total. The van der Waals surface area contributed by atoms with E-state index >= 15 is 0 Å². The molecule has 82 valence electrons. The summed E-state index contributed by atoms with van der Waals surface area (Å²) in [7, 11) is 2.86. The van der Waals surface area contributed by atoms with Crippen LogP contribution in [0.3, 0.4) is 0 Å². The van der Waals surface area contributed by atoms with E-state index in [1.54, 1.807) is 0 Å². The van der Waals surface area contributed by atoms with Gasteiger partial charge in [0.1, 0.15) is 0 Å². The quantitative estimate of drug-likeness (QED) is 0.562. The summed E-state index contributed by atoms with van der Waals surface area (Å²) in [5.74, 6) is 0. The molecule has 0 radical (unpaired) electrons. The molecule has 1 heteroatoms. The lowest BCUT2D eigenvalue weighted by Crippen LogP contribution is -2.29. The molecule has 0 aliphatic rings. The highest BCUT2D eigenvalue weighted by Crippen LogP contribution is 2.36. The minimum atomic E-state index is 0.354. The molecule has 0 bridgehead atoms. The van der Waals surface area contributed by atoms with Crippen LogP contribution in [0, 0.1) is 5.41 Å². The maximum absolute atomic E-state index is 2.86. The standard InChI is InChI=1S/C7H17P.C5H12/c1-6(2,3)7(4,5)8;1-3-5-4-2/h8H2,1-5H3;3-5H2,1-2H3. The van der Waals surface area contributed by atoms with E-state index in [0.717, 1.165) is 0 Å². The number of hydrogen-bond donors (Lipinski definition) is 0. The van der Waals surface area contributed by atoms with Crippen molar-refractivity contribution < 1.29 is 0 Å². The van der Waals surface area contributed by atoms with E-state index in [1.165, 1.54) is 19.3 Å². The van der Waals surface area contributed by atoms with Gasteiger partial charge in [0.15, 0.2) is 0 Å². The van der Waals surface area contributed by atoms with Crippen LogP contribution >= 0.6 is 9.24 Å². The van der Waals surface area contributed by atoms with Crippen molar-refractivity contribution in [3.63, 3.8) is 0 Å². The third kappa shape index (κ3) is 10.4. The number of unbranched alkanes of at least 4 members (excludes halogenated alkanes) is 2. The fraction of sp³-hybridized carbons (Fsp3) is 1.00. The average molecular weight is 204 g/mol. The first kappa shape index (κ1) is 15.9. The van der Waals surface area contributed by atoms with Gasteiger partial charge in [0.25, 0.3) is 0 Å². The Hall–Kier alpha value is 0.430. The van der Waals surface area contributed by atoms with E-state index in [0.29, 0.717) is 10.6 Å². The molecule has 0 aromatic heterocycles. The molecule has 0 rings (SSSR count). The first-order chi connectivity index (χ1) is 5.66. The van der Waals surface area contributed by atoms with Crippen molar-refractivity contribution in [3.05, 3.63) is 0 Å². The van der Waals surface area contributed by atoms with Crippen LogP contribution < -0.4 is 0 Å². The van der Waals surface area contributed by atoms with Gasteiger partial charge in [-0.1, -0.05) is 67.7 Å². The molecule has 0 spiro atoms. The highest BCUT2D eigenvalue weighted by molar-refractivity contribution is 7.18. The Morgan fingerprint density at radius 2 is 1.08 bits per heavy atom. The summed E-state index contributed by atoms with van der Waals surface area (Å²) in [6.45, 7) is 15.6. The zero-order valence-electron chi connectivity index (χ0n) is 10.7. The lowest BCUT2D eigenvalue weighted by molar-refractivity contribution is 0.319.